The fraction of sp³-hybridized carbons (Fsp3) is 0.630. The monoisotopic (exact) mass is 444 g/mol. The van der Waals surface area contributed by atoms with Crippen molar-refractivity contribution in [3.63, 3.8) is 0 Å². The maximum atomic E-state index is 14.6. The minimum atomic E-state index is -0.956. The average molecular weight is 445 g/mol. The molecule has 0 bridgehead atoms. The summed E-state index contributed by atoms with van der Waals surface area (Å²) in [7, 11) is 0. The Kier molecular flexibility index (Phi) is 9.89. The molecule has 32 heavy (non-hydrogen) atoms. The van der Waals surface area contributed by atoms with E-state index in [0.717, 1.165) is 56.1 Å². The number of unbranched alkanes of at least 4 members (excludes halogenated alkanes) is 3. The van der Waals surface area contributed by atoms with Gasteiger partial charge in [-0.15, -0.1) is 0 Å². The van der Waals surface area contributed by atoms with Crippen molar-refractivity contribution in [3.8, 4) is 17.0 Å². The molecule has 1 heterocycles. The first-order valence-electron chi connectivity index (χ1n) is 12.6. The minimum Gasteiger partial charge on any atom is -0.490 e. The second-order valence-electron chi connectivity index (χ2n) is 9.27. The third kappa shape index (κ3) is 6.98. The molecule has 0 amide bonds. The molecule has 1 aromatic carbocycles. The molecule has 3 nitrogen and oxygen atoms in total. The molecule has 0 radical (unpaired) electrons. The molecule has 1 fully saturated rings. The summed E-state index contributed by atoms with van der Waals surface area (Å²) in [6.07, 6.45) is 14.1. The van der Waals surface area contributed by atoms with Gasteiger partial charge in [-0.25, -0.2) is 4.39 Å². The first-order valence-corrected chi connectivity index (χ1v) is 12.6. The summed E-state index contributed by atoms with van der Waals surface area (Å²) in [5.41, 5.74) is 1.38. The molecular weight excluding hydrogens is 406 g/mol. The van der Waals surface area contributed by atoms with Crippen LogP contribution in [0.5, 0.6) is 5.75 Å². The van der Waals surface area contributed by atoms with Crippen molar-refractivity contribution in [1.29, 1.82) is 0 Å². The Morgan fingerprint density at radius 1 is 0.812 bits per heavy atom. The molecule has 1 saturated carbocycles. The van der Waals surface area contributed by atoms with Gasteiger partial charge < -0.3 is 4.74 Å². The Balaban J connectivity index is 1.52. The van der Waals surface area contributed by atoms with E-state index in [-0.39, 0.29) is 11.3 Å². The van der Waals surface area contributed by atoms with Crippen molar-refractivity contribution >= 4 is 0 Å². The van der Waals surface area contributed by atoms with Gasteiger partial charge in [-0.1, -0.05) is 71.6 Å². The summed E-state index contributed by atoms with van der Waals surface area (Å²) in [6.45, 7) is 4.79. The Labute approximate surface area is 192 Å². The lowest BCUT2D eigenvalue weighted by Crippen LogP contribution is -2.15. The van der Waals surface area contributed by atoms with Gasteiger partial charge in [0.05, 0.1) is 18.0 Å². The second-order valence-corrected chi connectivity index (χ2v) is 9.27. The Morgan fingerprint density at radius 2 is 1.56 bits per heavy atom. The van der Waals surface area contributed by atoms with Crippen molar-refractivity contribution < 1.29 is 13.5 Å². The predicted molar refractivity (Wildman–Crippen MR) is 126 cm³/mol. The summed E-state index contributed by atoms with van der Waals surface area (Å²) in [6, 6.07) is 6.64. The first-order chi connectivity index (χ1) is 15.6. The van der Waals surface area contributed by atoms with E-state index in [2.05, 4.69) is 24.0 Å². The normalized spacial score (nSPS) is 18.6. The Hall–Kier alpha value is -2.04. The largest absolute Gasteiger partial charge is 0.490 e. The number of ether oxygens (including phenoxy) is 1. The molecule has 0 atom stereocenters. The molecule has 2 aromatic rings. The fourth-order valence-corrected chi connectivity index (χ4v) is 4.76. The van der Waals surface area contributed by atoms with Crippen LogP contribution in [0.4, 0.5) is 8.78 Å². The van der Waals surface area contributed by atoms with E-state index in [9.17, 15) is 8.78 Å². The molecule has 0 N–H and O–H groups in total. The number of hydrogen-bond donors (Lipinski definition) is 0. The first kappa shape index (κ1) is 24.6. The Bertz CT molecular complexity index is 817. The van der Waals surface area contributed by atoms with Crippen LogP contribution in [0.15, 0.2) is 24.3 Å². The molecule has 0 aliphatic heterocycles. The highest BCUT2D eigenvalue weighted by Gasteiger charge is 2.21. The van der Waals surface area contributed by atoms with E-state index >= 15 is 0 Å². The van der Waals surface area contributed by atoms with Crippen LogP contribution in [0.25, 0.3) is 11.3 Å². The highest BCUT2D eigenvalue weighted by molar-refractivity contribution is 5.61. The van der Waals surface area contributed by atoms with Crippen LogP contribution in [0.3, 0.4) is 0 Å². The van der Waals surface area contributed by atoms with Gasteiger partial charge in [-0.05, 0) is 55.4 Å². The summed E-state index contributed by atoms with van der Waals surface area (Å²) in [5.74, 6) is -0.237. The van der Waals surface area contributed by atoms with E-state index in [1.807, 2.05) is 6.07 Å². The summed E-state index contributed by atoms with van der Waals surface area (Å²) in [4.78, 5) is 0. The third-order valence-electron chi connectivity index (χ3n) is 6.77. The van der Waals surface area contributed by atoms with Crippen LogP contribution in [0.1, 0.15) is 90.2 Å². The second kappa shape index (κ2) is 12.9. The zero-order chi connectivity index (χ0) is 22.8. The summed E-state index contributed by atoms with van der Waals surface area (Å²) in [5, 5.41) is 8.46. The predicted octanol–water partition coefficient (Wildman–Crippen LogP) is 7.92. The molecule has 176 valence electrons. The van der Waals surface area contributed by atoms with Gasteiger partial charge in [0.25, 0.3) is 0 Å². The van der Waals surface area contributed by atoms with Crippen LogP contribution in [0.2, 0.25) is 0 Å². The van der Waals surface area contributed by atoms with E-state index in [1.165, 1.54) is 50.7 Å². The molecule has 1 aromatic heterocycles. The van der Waals surface area contributed by atoms with Gasteiger partial charge in [-0.3, -0.25) is 0 Å². The van der Waals surface area contributed by atoms with Crippen molar-refractivity contribution in [2.24, 2.45) is 11.8 Å². The number of rotatable bonds is 12. The molecule has 1 aliphatic rings. The average Bonchev–Trinajstić information content (AvgIpc) is 2.82. The number of aromatic nitrogens is 2. The third-order valence-corrected chi connectivity index (χ3v) is 6.77. The number of halogens is 2. The van der Waals surface area contributed by atoms with Crippen molar-refractivity contribution in [2.75, 3.05) is 6.61 Å². The molecule has 0 unspecified atom stereocenters. The van der Waals surface area contributed by atoms with Crippen LogP contribution >= 0.6 is 0 Å². The van der Waals surface area contributed by atoms with E-state index in [1.54, 1.807) is 6.07 Å². The van der Waals surface area contributed by atoms with Gasteiger partial charge in [0.15, 0.2) is 11.6 Å². The number of aryl methyl sites for hydroxylation is 1. The van der Waals surface area contributed by atoms with Crippen LogP contribution in [-0.4, -0.2) is 16.8 Å². The number of hydrogen-bond acceptors (Lipinski definition) is 3. The molecule has 5 heteroatoms. The molecule has 3 rings (SSSR count). The SMILES string of the molecule is CCCCCCOc1ccc(-c2ccc(CCC3CCC(CCC)CC3)nn2)c(F)c1F. The molecule has 1 aliphatic carbocycles. The molecule has 0 saturated heterocycles. The van der Waals surface area contributed by atoms with Crippen LogP contribution < -0.4 is 4.74 Å². The standard InChI is InChI=1S/C27H38F2N2O/c1-3-5-6-7-19-32-25-18-16-23(26(28)27(25)29)24-17-15-22(30-31-24)14-13-21-11-9-20(8-4-2)10-12-21/h15-18,20-21H,3-14,19H2,1-2H3. The number of nitrogens with zero attached hydrogens (tertiary/aromatic N) is 2. The zero-order valence-electron chi connectivity index (χ0n) is 19.7. The lowest BCUT2D eigenvalue weighted by atomic mass is 9.78. The van der Waals surface area contributed by atoms with Crippen molar-refractivity contribution in [3.05, 3.63) is 41.6 Å². The fourth-order valence-electron chi connectivity index (χ4n) is 4.76. The van der Waals surface area contributed by atoms with Gasteiger partial charge in [-0.2, -0.15) is 14.6 Å². The zero-order valence-corrected chi connectivity index (χ0v) is 19.7. The van der Waals surface area contributed by atoms with Crippen LogP contribution in [-0.2, 0) is 6.42 Å². The van der Waals surface area contributed by atoms with Gasteiger partial charge >= 0.3 is 0 Å². The van der Waals surface area contributed by atoms with Gasteiger partial charge in [0.2, 0.25) is 5.82 Å². The van der Waals surface area contributed by atoms with E-state index < -0.39 is 11.6 Å². The lowest BCUT2D eigenvalue weighted by molar-refractivity contribution is 0.252. The minimum absolute atomic E-state index is 0.0408. The highest BCUT2D eigenvalue weighted by Crippen LogP contribution is 2.34. The lowest BCUT2D eigenvalue weighted by Gasteiger charge is -2.28. The number of benzene rings is 1. The Morgan fingerprint density at radius 3 is 2.22 bits per heavy atom. The maximum absolute atomic E-state index is 14.6. The van der Waals surface area contributed by atoms with Crippen molar-refractivity contribution in [1.82, 2.24) is 10.2 Å². The summed E-state index contributed by atoms with van der Waals surface area (Å²) < 4.78 is 34.5. The van der Waals surface area contributed by atoms with Gasteiger partial charge in [0, 0.05) is 5.56 Å². The summed E-state index contributed by atoms with van der Waals surface area (Å²) >= 11 is 0. The van der Waals surface area contributed by atoms with E-state index in [0.29, 0.717) is 12.3 Å². The van der Waals surface area contributed by atoms with Crippen LogP contribution in [0, 0.1) is 23.5 Å². The smallest absolute Gasteiger partial charge is 0.201 e. The molecular formula is C27H38F2N2O. The topological polar surface area (TPSA) is 35.0 Å². The van der Waals surface area contributed by atoms with Gasteiger partial charge in [0.1, 0.15) is 0 Å². The van der Waals surface area contributed by atoms with Crippen molar-refractivity contribution in [2.45, 2.75) is 90.9 Å². The maximum Gasteiger partial charge on any atom is 0.201 e. The van der Waals surface area contributed by atoms with E-state index in [4.69, 9.17) is 4.74 Å². The highest BCUT2D eigenvalue weighted by atomic mass is 19.2. The quantitative estimate of drug-likeness (QED) is 0.312. The molecule has 0 spiro atoms.